The Morgan fingerprint density at radius 2 is 1.69 bits per heavy atom. The minimum Gasteiger partial charge on any atom is -0.490 e. The minimum absolute atomic E-state index is 0.132. The maximum absolute atomic E-state index is 11.9. The number of alkyl halides is 2. The van der Waals surface area contributed by atoms with E-state index in [1.165, 1.54) is 12.1 Å². The van der Waals surface area contributed by atoms with Crippen molar-refractivity contribution in [1.29, 1.82) is 0 Å². The molecule has 0 spiro atoms. The third-order valence-corrected chi connectivity index (χ3v) is 2.48. The summed E-state index contributed by atoms with van der Waals surface area (Å²) in [6.07, 6.45) is 1.83. The molecule has 2 rings (SSSR count). The van der Waals surface area contributed by atoms with Crippen molar-refractivity contribution in [2.45, 2.75) is 31.6 Å². The first kappa shape index (κ1) is 11.1. The number of nitrogens with two attached hydrogens (primary N) is 1. The number of hydrogen-bond donors (Lipinski definition) is 1. The summed E-state index contributed by atoms with van der Waals surface area (Å²) < 4.78 is 33.5. The number of ether oxygens (including phenoxy) is 2. The summed E-state index contributed by atoms with van der Waals surface area (Å²) in [5, 5.41) is 0. The molecule has 0 atom stereocenters. The van der Waals surface area contributed by atoms with Crippen LogP contribution in [0.15, 0.2) is 24.3 Å². The van der Waals surface area contributed by atoms with E-state index in [4.69, 9.17) is 10.5 Å². The first-order valence-corrected chi connectivity index (χ1v) is 5.10. The molecule has 0 saturated heterocycles. The Labute approximate surface area is 92.1 Å². The van der Waals surface area contributed by atoms with Crippen molar-refractivity contribution in [2.75, 3.05) is 0 Å². The van der Waals surface area contributed by atoms with Crippen LogP contribution in [0, 0.1) is 0 Å². The molecule has 0 radical (unpaired) electrons. The average molecular weight is 229 g/mol. The molecular weight excluding hydrogens is 216 g/mol. The molecule has 0 aliphatic heterocycles. The highest BCUT2D eigenvalue weighted by molar-refractivity contribution is 5.31. The molecule has 2 N–H and O–H groups in total. The lowest BCUT2D eigenvalue weighted by atomic mass is 9.90. The van der Waals surface area contributed by atoms with E-state index in [0.717, 1.165) is 12.8 Å². The van der Waals surface area contributed by atoms with E-state index in [1.54, 1.807) is 12.1 Å². The minimum atomic E-state index is -2.80. The molecule has 0 aromatic heterocycles. The van der Waals surface area contributed by atoms with E-state index in [1.807, 2.05) is 0 Å². The van der Waals surface area contributed by atoms with Crippen LogP contribution in [0.5, 0.6) is 11.5 Å². The van der Waals surface area contributed by atoms with Crippen molar-refractivity contribution in [3.8, 4) is 11.5 Å². The zero-order valence-electron chi connectivity index (χ0n) is 8.61. The van der Waals surface area contributed by atoms with Crippen molar-refractivity contribution in [2.24, 2.45) is 5.73 Å². The summed E-state index contributed by atoms with van der Waals surface area (Å²) in [5.74, 6) is 0.783. The Kier molecular flexibility index (Phi) is 3.24. The lowest BCUT2D eigenvalue weighted by Gasteiger charge is -2.32. The van der Waals surface area contributed by atoms with Crippen LogP contribution in [-0.4, -0.2) is 18.8 Å². The summed E-state index contributed by atoms with van der Waals surface area (Å²) in [6, 6.07) is 6.37. The highest BCUT2D eigenvalue weighted by atomic mass is 19.3. The van der Waals surface area contributed by atoms with Crippen LogP contribution in [0.2, 0.25) is 0 Å². The molecule has 0 amide bonds. The van der Waals surface area contributed by atoms with E-state index in [2.05, 4.69) is 4.74 Å². The van der Waals surface area contributed by atoms with E-state index < -0.39 is 6.61 Å². The number of benzene rings is 1. The Morgan fingerprint density at radius 1 is 1.12 bits per heavy atom. The highest BCUT2D eigenvalue weighted by Gasteiger charge is 2.27. The third-order valence-electron chi connectivity index (χ3n) is 2.48. The molecule has 1 aliphatic rings. The smallest absolute Gasteiger partial charge is 0.387 e. The van der Waals surface area contributed by atoms with Gasteiger partial charge in [0.15, 0.2) is 0 Å². The molecule has 1 saturated carbocycles. The van der Waals surface area contributed by atoms with Gasteiger partial charge in [0.25, 0.3) is 0 Å². The second-order valence-electron chi connectivity index (χ2n) is 3.82. The first-order chi connectivity index (χ1) is 7.63. The van der Waals surface area contributed by atoms with E-state index >= 15 is 0 Å². The fraction of sp³-hybridized carbons (Fsp3) is 0.455. The van der Waals surface area contributed by atoms with Crippen molar-refractivity contribution >= 4 is 0 Å². The largest absolute Gasteiger partial charge is 0.490 e. The Morgan fingerprint density at radius 3 is 2.19 bits per heavy atom. The number of hydrogen-bond acceptors (Lipinski definition) is 3. The predicted molar refractivity (Wildman–Crippen MR) is 54.7 cm³/mol. The van der Waals surface area contributed by atoms with Gasteiger partial charge < -0.3 is 15.2 Å². The molecule has 16 heavy (non-hydrogen) atoms. The quantitative estimate of drug-likeness (QED) is 0.860. The van der Waals surface area contributed by atoms with Crippen LogP contribution in [0.3, 0.4) is 0 Å². The van der Waals surface area contributed by atoms with Crippen LogP contribution < -0.4 is 15.2 Å². The second-order valence-corrected chi connectivity index (χ2v) is 3.82. The fourth-order valence-electron chi connectivity index (χ4n) is 1.59. The average Bonchev–Trinajstić information content (AvgIpc) is 2.18. The van der Waals surface area contributed by atoms with Gasteiger partial charge in [-0.2, -0.15) is 8.78 Å². The Hall–Kier alpha value is -1.36. The van der Waals surface area contributed by atoms with Crippen LogP contribution in [0.1, 0.15) is 12.8 Å². The summed E-state index contributed by atoms with van der Waals surface area (Å²) >= 11 is 0. The molecule has 1 aliphatic carbocycles. The van der Waals surface area contributed by atoms with Gasteiger partial charge in [0.1, 0.15) is 17.6 Å². The molecule has 5 heteroatoms. The van der Waals surface area contributed by atoms with E-state index in [9.17, 15) is 8.78 Å². The third kappa shape index (κ3) is 2.82. The van der Waals surface area contributed by atoms with Gasteiger partial charge in [-0.3, -0.25) is 0 Å². The van der Waals surface area contributed by atoms with Gasteiger partial charge in [-0.05, 0) is 37.1 Å². The predicted octanol–water partition coefficient (Wildman–Crippen LogP) is 2.16. The molecule has 0 bridgehead atoms. The zero-order chi connectivity index (χ0) is 11.5. The summed E-state index contributed by atoms with van der Waals surface area (Å²) in [5.41, 5.74) is 5.62. The lowest BCUT2D eigenvalue weighted by Crippen LogP contribution is -2.43. The Bertz CT molecular complexity index is 336. The van der Waals surface area contributed by atoms with Gasteiger partial charge in [0.05, 0.1) is 0 Å². The molecule has 3 nitrogen and oxygen atoms in total. The Balaban J connectivity index is 1.87. The molecular formula is C11H13F2NO2. The van der Waals surface area contributed by atoms with Crippen LogP contribution in [0.25, 0.3) is 0 Å². The number of halogens is 2. The van der Waals surface area contributed by atoms with Crippen LogP contribution >= 0.6 is 0 Å². The first-order valence-electron chi connectivity index (χ1n) is 5.10. The maximum Gasteiger partial charge on any atom is 0.387 e. The highest BCUT2D eigenvalue weighted by Crippen LogP contribution is 2.26. The molecule has 0 unspecified atom stereocenters. The van der Waals surface area contributed by atoms with E-state index in [-0.39, 0.29) is 17.9 Å². The SMILES string of the molecule is NC1CC(Oc2ccc(OC(F)F)cc2)C1. The topological polar surface area (TPSA) is 44.5 Å². The summed E-state index contributed by atoms with van der Waals surface area (Å²) in [4.78, 5) is 0. The van der Waals surface area contributed by atoms with Crippen molar-refractivity contribution in [1.82, 2.24) is 0 Å². The van der Waals surface area contributed by atoms with E-state index in [0.29, 0.717) is 5.75 Å². The molecule has 1 fully saturated rings. The zero-order valence-corrected chi connectivity index (χ0v) is 8.61. The van der Waals surface area contributed by atoms with Gasteiger partial charge in [0.2, 0.25) is 0 Å². The monoisotopic (exact) mass is 229 g/mol. The number of rotatable bonds is 4. The van der Waals surface area contributed by atoms with Crippen molar-refractivity contribution < 1.29 is 18.3 Å². The maximum atomic E-state index is 11.9. The van der Waals surface area contributed by atoms with Crippen LogP contribution in [0.4, 0.5) is 8.78 Å². The van der Waals surface area contributed by atoms with Crippen molar-refractivity contribution in [3.05, 3.63) is 24.3 Å². The van der Waals surface area contributed by atoms with Gasteiger partial charge in [0, 0.05) is 6.04 Å². The molecule has 0 heterocycles. The summed E-state index contributed by atoms with van der Waals surface area (Å²) in [6.45, 7) is -2.80. The fourth-order valence-corrected chi connectivity index (χ4v) is 1.59. The molecule has 1 aromatic carbocycles. The van der Waals surface area contributed by atoms with Gasteiger partial charge in [-0.25, -0.2) is 0 Å². The molecule has 1 aromatic rings. The lowest BCUT2D eigenvalue weighted by molar-refractivity contribution is -0.0499. The van der Waals surface area contributed by atoms with Crippen LogP contribution in [-0.2, 0) is 0 Å². The second kappa shape index (κ2) is 4.65. The molecule has 88 valence electrons. The summed E-state index contributed by atoms with van der Waals surface area (Å²) in [7, 11) is 0. The van der Waals surface area contributed by atoms with Gasteiger partial charge >= 0.3 is 6.61 Å². The normalized spacial score (nSPS) is 24.0. The van der Waals surface area contributed by atoms with Crippen molar-refractivity contribution in [3.63, 3.8) is 0 Å². The standard InChI is InChI=1S/C11H13F2NO2/c12-11(13)16-9-3-1-8(2-4-9)15-10-5-7(14)6-10/h1-4,7,10-11H,5-6,14H2. The van der Waals surface area contributed by atoms with Gasteiger partial charge in [-0.1, -0.05) is 0 Å². The van der Waals surface area contributed by atoms with Gasteiger partial charge in [-0.15, -0.1) is 0 Å².